The van der Waals surface area contributed by atoms with Gasteiger partial charge >= 0.3 is 0 Å². The van der Waals surface area contributed by atoms with Crippen LogP contribution in [0.3, 0.4) is 0 Å². The Kier molecular flexibility index (Phi) is 7.36. The van der Waals surface area contributed by atoms with E-state index in [1.54, 1.807) is 0 Å². The molecule has 2 nitrogen and oxygen atoms in total. The number of hydrogen-bond acceptors (Lipinski definition) is 2. The second-order valence-electron chi connectivity index (χ2n) is 16.9. The van der Waals surface area contributed by atoms with Crippen LogP contribution >= 0.6 is 11.8 Å². The Morgan fingerprint density at radius 2 is 0.794 bits per heavy atom. The second kappa shape index (κ2) is 13.3. The molecule has 0 saturated carbocycles. The van der Waals surface area contributed by atoms with Crippen molar-refractivity contribution in [2.45, 2.75) is 9.79 Å². The average Bonchev–Trinajstić information content (AvgIpc) is 3.66. The Morgan fingerprint density at radius 3 is 1.52 bits per heavy atom. The number of benzene rings is 12. The highest BCUT2D eigenvalue weighted by Crippen LogP contribution is 2.54. The first kappa shape index (κ1) is 34.8. The van der Waals surface area contributed by atoms with Gasteiger partial charge in [-0.1, -0.05) is 157 Å². The van der Waals surface area contributed by atoms with E-state index < -0.39 is 0 Å². The molecule has 2 heterocycles. The van der Waals surface area contributed by atoms with Crippen LogP contribution in [0, 0.1) is 0 Å². The van der Waals surface area contributed by atoms with Gasteiger partial charge in [-0.05, 0) is 149 Å². The van der Waals surface area contributed by atoms with Gasteiger partial charge in [0.15, 0.2) is 0 Å². The van der Waals surface area contributed by atoms with Gasteiger partial charge in [0.2, 0.25) is 0 Å². The van der Waals surface area contributed by atoms with E-state index in [1.165, 1.54) is 124 Å². The molecule has 1 aromatic heterocycles. The molecule has 0 bridgehead atoms. The molecule has 14 rings (SSSR count). The van der Waals surface area contributed by atoms with E-state index in [2.05, 4.69) is 228 Å². The molecule has 0 fully saturated rings. The minimum absolute atomic E-state index is 1.16. The first-order valence-corrected chi connectivity index (χ1v) is 22.5. The van der Waals surface area contributed by atoms with Gasteiger partial charge in [0.25, 0.3) is 0 Å². The average molecular weight is 817 g/mol. The third-order valence-electron chi connectivity index (χ3n) is 13.4. The Balaban J connectivity index is 0.961. The number of fused-ring (bicyclic) bond motifs is 14. The van der Waals surface area contributed by atoms with E-state index in [9.17, 15) is 0 Å². The first-order valence-electron chi connectivity index (χ1n) is 21.6. The Morgan fingerprint density at radius 1 is 0.270 bits per heavy atom. The van der Waals surface area contributed by atoms with Gasteiger partial charge < -0.3 is 9.47 Å². The van der Waals surface area contributed by atoms with E-state index in [0.29, 0.717) is 0 Å². The molecule has 0 saturated heterocycles. The quantitative estimate of drug-likeness (QED) is 0.164. The number of rotatable bonds is 3. The zero-order valence-electron chi connectivity index (χ0n) is 34.1. The van der Waals surface area contributed by atoms with Crippen molar-refractivity contribution < 1.29 is 0 Å². The highest BCUT2D eigenvalue weighted by molar-refractivity contribution is 7.99. The molecular weight excluding hydrogens is 781 g/mol. The molecule has 0 spiro atoms. The third kappa shape index (κ3) is 5.27. The fourth-order valence-corrected chi connectivity index (χ4v) is 11.6. The van der Waals surface area contributed by atoms with Crippen LogP contribution in [0.25, 0.3) is 103 Å². The highest BCUT2D eigenvalue weighted by atomic mass is 32.2. The Bertz CT molecular complexity index is 4050. The summed E-state index contributed by atoms with van der Waals surface area (Å²) in [5.41, 5.74) is 9.55. The van der Waals surface area contributed by atoms with Crippen LogP contribution in [0.5, 0.6) is 0 Å². The number of hydrogen-bond donors (Lipinski definition) is 0. The lowest BCUT2D eigenvalue weighted by Crippen LogP contribution is -2.15. The molecule has 63 heavy (non-hydrogen) atoms. The fraction of sp³-hybridized carbons (Fsp3) is 0. The lowest BCUT2D eigenvalue weighted by molar-refractivity contribution is 1.18. The maximum atomic E-state index is 2.49. The summed E-state index contributed by atoms with van der Waals surface area (Å²) in [5, 5.41) is 17.7. The van der Waals surface area contributed by atoms with Crippen molar-refractivity contribution in [3.8, 4) is 16.8 Å². The largest absolute Gasteiger partial charge is 0.309 e. The van der Waals surface area contributed by atoms with Gasteiger partial charge in [0.05, 0.1) is 22.4 Å². The molecule has 3 heteroatoms. The van der Waals surface area contributed by atoms with Crippen LogP contribution in [-0.4, -0.2) is 4.57 Å². The first-order chi connectivity index (χ1) is 31.2. The van der Waals surface area contributed by atoms with E-state index in [0.717, 1.165) is 5.69 Å². The van der Waals surface area contributed by atoms with Gasteiger partial charge in [-0.25, -0.2) is 0 Å². The molecule has 0 N–H and O–H groups in total. The van der Waals surface area contributed by atoms with Crippen molar-refractivity contribution in [3.63, 3.8) is 0 Å². The molecule has 0 amide bonds. The van der Waals surface area contributed by atoms with Crippen molar-refractivity contribution >= 4 is 115 Å². The minimum Gasteiger partial charge on any atom is -0.309 e. The van der Waals surface area contributed by atoms with Crippen molar-refractivity contribution in [2.24, 2.45) is 0 Å². The second-order valence-corrected chi connectivity index (χ2v) is 18.0. The highest BCUT2D eigenvalue weighted by Gasteiger charge is 2.27. The van der Waals surface area contributed by atoms with Crippen LogP contribution in [0.15, 0.2) is 228 Å². The summed E-state index contributed by atoms with van der Waals surface area (Å²) in [6.07, 6.45) is 0. The van der Waals surface area contributed by atoms with Crippen molar-refractivity contribution in [1.29, 1.82) is 0 Å². The summed E-state index contributed by atoms with van der Waals surface area (Å²) in [4.78, 5) is 4.98. The monoisotopic (exact) mass is 816 g/mol. The minimum atomic E-state index is 1.16. The van der Waals surface area contributed by atoms with Gasteiger partial charge in [0, 0.05) is 31.9 Å². The normalized spacial score (nSPS) is 12.7. The predicted octanol–water partition coefficient (Wildman–Crippen LogP) is 17.3. The maximum Gasteiger partial charge on any atom is 0.0608 e. The lowest BCUT2D eigenvalue weighted by Gasteiger charge is -2.34. The molecular formula is C60H36N2S. The lowest BCUT2D eigenvalue weighted by atomic mass is 9.94. The van der Waals surface area contributed by atoms with Gasteiger partial charge in [-0.15, -0.1) is 0 Å². The standard InChI is InChI=1S/C60H36N2S/c1-2-12-38-29-45(24-21-37(38)11-1)61-55-27-22-43(31-53(55)54-30-39-13-3-4-14-40(39)32-57(54)61)44-23-28-56-59(35-44)63-60-34-42-16-6-5-15-41(42)33-58(60)62(56)46-25-26-51-49-19-8-7-17-47(49)48-18-9-10-20-50(48)52(51)36-46/h1-36H. The summed E-state index contributed by atoms with van der Waals surface area (Å²) in [7, 11) is 0. The van der Waals surface area contributed by atoms with Crippen LogP contribution in [-0.2, 0) is 0 Å². The number of nitrogens with zero attached hydrogens (tertiary/aromatic N) is 2. The zero-order chi connectivity index (χ0) is 41.2. The number of aromatic nitrogens is 1. The molecule has 12 aromatic carbocycles. The van der Waals surface area contributed by atoms with Crippen molar-refractivity contribution in [3.05, 3.63) is 218 Å². The van der Waals surface area contributed by atoms with Crippen LogP contribution in [0.1, 0.15) is 0 Å². The van der Waals surface area contributed by atoms with E-state index >= 15 is 0 Å². The summed E-state index contributed by atoms with van der Waals surface area (Å²) in [6, 6.07) is 81.3. The molecule has 0 radical (unpaired) electrons. The van der Waals surface area contributed by atoms with Crippen LogP contribution < -0.4 is 4.90 Å². The van der Waals surface area contributed by atoms with E-state index in [1.807, 2.05) is 11.8 Å². The predicted molar refractivity (Wildman–Crippen MR) is 270 cm³/mol. The molecule has 1 aliphatic rings. The Labute approximate surface area is 367 Å². The molecule has 292 valence electrons. The molecule has 1 aliphatic heterocycles. The summed E-state index contributed by atoms with van der Waals surface area (Å²) >= 11 is 1.88. The molecule has 0 unspecified atom stereocenters. The maximum absolute atomic E-state index is 2.49. The molecule has 0 atom stereocenters. The van der Waals surface area contributed by atoms with Crippen molar-refractivity contribution in [2.75, 3.05) is 4.90 Å². The zero-order valence-corrected chi connectivity index (χ0v) is 34.9. The van der Waals surface area contributed by atoms with Crippen LogP contribution in [0.4, 0.5) is 17.1 Å². The summed E-state index contributed by atoms with van der Waals surface area (Å²) < 4.78 is 2.45. The van der Waals surface area contributed by atoms with E-state index in [-0.39, 0.29) is 0 Å². The fourth-order valence-electron chi connectivity index (χ4n) is 10.5. The molecule has 13 aromatic rings. The van der Waals surface area contributed by atoms with Crippen LogP contribution in [0.2, 0.25) is 0 Å². The van der Waals surface area contributed by atoms with Gasteiger partial charge in [-0.2, -0.15) is 0 Å². The topological polar surface area (TPSA) is 8.17 Å². The smallest absolute Gasteiger partial charge is 0.0608 e. The number of anilines is 3. The third-order valence-corrected chi connectivity index (χ3v) is 14.5. The van der Waals surface area contributed by atoms with Gasteiger partial charge in [0.1, 0.15) is 0 Å². The SMILES string of the molecule is c1ccc2cc(-n3c4ccc(-c5ccc6c(c5)Sc5cc7ccccc7cc5N6c5ccc6c7ccccc7c7ccccc7c6c5)cc4c4cc5ccccc5cc43)ccc2c1. The summed E-state index contributed by atoms with van der Waals surface area (Å²) in [6.45, 7) is 0. The molecule has 0 aliphatic carbocycles. The van der Waals surface area contributed by atoms with E-state index in [4.69, 9.17) is 0 Å². The van der Waals surface area contributed by atoms with Crippen molar-refractivity contribution in [1.82, 2.24) is 4.57 Å². The summed E-state index contributed by atoms with van der Waals surface area (Å²) in [5.74, 6) is 0. The van der Waals surface area contributed by atoms with Gasteiger partial charge in [-0.3, -0.25) is 0 Å². The Hall–Kier alpha value is -7.85.